The summed E-state index contributed by atoms with van der Waals surface area (Å²) in [7, 11) is 0. The minimum Gasteiger partial charge on any atom is -0.457 e. The van der Waals surface area contributed by atoms with Gasteiger partial charge in [-0.3, -0.25) is 4.79 Å². The van der Waals surface area contributed by atoms with Crippen LogP contribution in [0.1, 0.15) is 12.5 Å². The minimum absolute atomic E-state index is 0.433. The lowest BCUT2D eigenvalue weighted by molar-refractivity contribution is -0.123. The molecule has 0 aliphatic rings. The van der Waals surface area contributed by atoms with E-state index in [1.165, 1.54) is 6.92 Å². The van der Waals surface area contributed by atoms with Crippen LogP contribution in [0.15, 0.2) is 48.5 Å². The predicted octanol–water partition coefficient (Wildman–Crippen LogP) is 3.11. The van der Waals surface area contributed by atoms with Gasteiger partial charge in [0.15, 0.2) is 0 Å². The van der Waals surface area contributed by atoms with Crippen LogP contribution in [0.2, 0.25) is 0 Å². The molecule has 2 aromatic carbocycles. The zero-order valence-corrected chi connectivity index (χ0v) is 11.5. The summed E-state index contributed by atoms with van der Waals surface area (Å²) >= 11 is 0. The first kappa shape index (κ1) is 14.1. The molecule has 0 saturated heterocycles. The van der Waals surface area contributed by atoms with Crippen molar-refractivity contribution in [3.63, 3.8) is 0 Å². The van der Waals surface area contributed by atoms with Crippen LogP contribution in [0.4, 0.5) is 5.69 Å². The zero-order valence-electron chi connectivity index (χ0n) is 11.5. The highest BCUT2D eigenvalue weighted by Gasteiger charge is 2.08. The van der Waals surface area contributed by atoms with Crippen LogP contribution in [-0.2, 0) is 4.79 Å². The van der Waals surface area contributed by atoms with Crippen molar-refractivity contribution in [2.75, 3.05) is 5.32 Å². The lowest BCUT2D eigenvalue weighted by atomic mass is 10.2. The Labute approximate surface area is 118 Å². The normalized spacial score (nSPS) is 11.8. The lowest BCUT2D eigenvalue weighted by Crippen LogP contribution is -2.24. The van der Waals surface area contributed by atoms with Gasteiger partial charge in [-0.05, 0) is 55.8 Å². The van der Waals surface area contributed by atoms with Gasteiger partial charge in [-0.2, -0.15) is 0 Å². The van der Waals surface area contributed by atoms with Crippen molar-refractivity contribution in [1.82, 2.24) is 0 Å². The van der Waals surface area contributed by atoms with Crippen molar-refractivity contribution in [1.29, 1.82) is 0 Å². The Morgan fingerprint density at radius 3 is 2.45 bits per heavy atom. The number of aliphatic hydroxyl groups excluding tert-OH is 1. The Balaban J connectivity index is 2.03. The van der Waals surface area contributed by atoms with E-state index in [-0.39, 0.29) is 0 Å². The zero-order chi connectivity index (χ0) is 14.5. The van der Waals surface area contributed by atoms with Gasteiger partial charge in [0.1, 0.15) is 17.6 Å². The Hall–Kier alpha value is -2.33. The van der Waals surface area contributed by atoms with Crippen molar-refractivity contribution in [3.8, 4) is 11.5 Å². The highest BCUT2D eigenvalue weighted by molar-refractivity contribution is 5.93. The third-order valence-electron chi connectivity index (χ3n) is 2.73. The maximum Gasteiger partial charge on any atom is 0.252 e. The topological polar surface area (TPSA) is 58.6 Å². The first-order chi connectivity index (χ1) is 9.54. The molecule has 4 nitrogen and oxygen atoms in total. The molecule has 1 unspecified atom stereocenters. The van der Waals surface area contributed by atoms with Gasteiger partial charge >= 0.3 is 0 Å². The standard InChI is InChI=1S/C16H17NO3/c1-11-4-3-5-15(10-11)20-14-8-6-13(7-9-14)17-16(19)12(2)18/h3-10,12,18H,1-2H3,(H,17,19). The van der Waals surface area contributed by atoms with E-state index in [0.29, 0.717) is 11.4 Å². The number of amides is 1. The van der Waals surface area contributed by atoms with Crippen molar-refractivity contribution in [3.05, 3.63) is 54.1 Å². The van der Waals surface area contributed by atoms with Gasteiger partial charge in [-0.15, -0.1) is 0 Å². The molecule has 20 heavy (non-hydrogen) atoms. The first-order valence-electron chi connectivity index (χ1n) is 6.38. The molecule has 0 heterocycles. The molecular formula is C16H17NO3. The molecule has 0 aliphatic carbocycles. The maximum atomic E-state index is 11.3. The fourth-order valence-corrected chi connectivity index (χ4v) is 1.67. The van der Waals surface area contributed by atoms with Crippen molar-refractivity contribution >= 4 is 11.6 Å². The number of benzene rings is 2. The summed E-state index contributed by atoms with van der Waals surface area (Å²) in [5.74, 6) is 1.02. The summed E-state index contributed by atoms with van der Waals surface area (Å²) in [6.07, 6.45) is -1.03. The average molecular weight is 271 g/mol. The Morgan fingerprint density at radius 1 is 1.15 bits per heavy atom. The summed E-state index contributed by atoms with van der Waals surface area (Å²) in [6.45, 7) is 3.42. The van der Waals surface area contributed by atoms with Crippen LogP contribution in [0.25, 0.3) is 0 Å². The molecule has 0 fully saturated rings. The van der Waals surface area contributed by atoms with E-state index in [4.69, 9.17) is 9.84 Å². The van der Waals surface area contributed by atoms with Crippen LogP contribution in [0.3, 0.4) is 0 Å². The number of carbonyl (C=O) groups is 1. The third-order valence-corrected chi connectivity index (χ3v) is 2.73. The second kappa shape index (κ2) is 6.21. The summed E-state index contributed by atoms with van der Waals surface area (Å²) in [4.78, 5) is 11.3. The largest absolute Gasteiger partial charge is 0.457 e. The molecule has 2 aromatic rings. The second-order valence-electron chi connectivity index (χ2n) is 4.61. The van der Waals surface area contributed by atoms with Gasteiger partial charge in [-0.25, -0.2) is 0 Å². The third kappa shape index (κ3) is 3.83. The number of aliphatic hydroxyl groups is 1. The fraction of sp³-hybridized carbons (Fsp3) is 0.188. The second-order valence-corrected chi connectivity index (χ2v) is 4.61. The summed E-state index contributed by atoms with van der Waals surface area (Å²) in [5.41, 5.74) is 1.75. The monoisotopic (exact) mass is 271 g/mol. The molecule has 2 rings (SSSR count). The SMILES string of the molecule is Cc1cccc(Oc2ccc(NC(=O)C(C)O)cc2)c1. The van der Waals surface area contributed by atoms with E-state index < -0.39 is 12.0 Å². The molecule has 104 valence electrons. The van der Waals surface area contributed by atoms with Crippen molar-refractivity contribution in [2.45, 2.75) is 20.0 Å². The minimum atomic E-state index is -1.03. The number of ether oxygens (including phenoxy) is 1. The smallest absolute Gasteiger partial charge is 0.252 e. The Bertz CT molecular complexity index is 591. The Morgan fingerprint density at radius 2 is 1.85 bits per heavy atom. The van der Waals surface area contributed by atoms with E-state index in [1.54, 1.807) is 24.3 Å². The van der Waals surface area contributed by atoms with E-state index in [0.717, 1.165) is 11.3 Å². The van der Waals surface area contributed by atoms with Crippen molar-refractivity contribution < 1.29 is 14.6 Å². The van der Waals surface area contributed by atoms with E-state index >= 15 is 0 Å². The molecular weight excluding hydrogens is 254 g/mol. The van der Waals surface area contributed by atoms with E-state index in [2.05, 4.69) is 5.32 Å². The molecule has 0 spiro atoms. The number of hydrogen-bond donors (Lipinski definition) is 2. The summed E-state index contributed by atoms with van der Waals surface area (Å²) < 4.78 is 5.70. The van der Waals surface area contributed by atoms with Gasteiger partial charge in [0.25, 0.3) is 5.91 Å². The average Bonchev–Trinajstić information content (AvgIpc) is 2.41. The number of rotatable bonds is 4. The number of anilines is 1. The fourth-order valence-electron chi connectivity index (χ4n) is 1.67. The molecule has 1 amide bonds. The van der Waals surface area contributed by atoms with Crippen LogP contribution in [-0.4, -0.2) is 17.1 Å². The molecule has 0 saturated carbocycles. The number of carbonyl (C=O) groups excluding carboxylic acids is 1. The van der Waals surface area contributed by atoms with Crippen molar-refractivity contribution in [2.24, 2.45) is 0 Å². The molecule has 1 atom stereocenters. The molecule has 0 bridgehead atoms. The first-order valence-corrected chi connectivity index (χ1v) is 6.38. The number of nitrogens with one attached hydrogen (secondary N) is 1. The molecule has 0 aliphatic heterocycles. The van der Waals surface area contributed by atoms with Crippen LogP contribution < -0.4 is 10.1 Å². The maximum absolute atomic E-state index is 11.3. The highest BCUT2D eigenvalue weighted by Crippen LogP contribution is 2.23. The van der Waals surface area contributed by atoms with Crippen LogP contribution in [0.5, 0.6) is 11.5 Å². The predicted molar refractivity (Wildman–Crippen MR) is 78.0 cm³/mol. The summed E-state index contributed by atoms with van der Waals surface area (Å²) in [5, 5.41) is 11.7. The van der Waals surface area contributed by atoms with Crippen LogP contribution in [0, 0.1) is 6.92 Å². The lowest BCUT2D eigenvalue weighted by Gasteiger charge is -2.09. The molecule has 2 N–H and O–H groups in total. The Kier molecular flexibility index (Phi) is 4.38. The van der Waals surface area contributed by atoms with Crippen LogP contribution >= 0.6 is 0 Å². The van der Waals surface area contributed by atoms with Gasteiger partial charge in [0.2, 0.25) is 0 Å². The van der Waals surface area contributed by atoms with Gasteiger partial charge in [0, 0.05) is 5.69 Å². The molecule has 0 aromatic heterocycles. The molecule has 4 heteroatoms. The number of hydrogen-bond acceptors (Lipinski definition) is 3. The van der Waals surface area contributed by atoms with E-state index in [9.17, 15) is 4.79 Å². The van der Waals surface area contributed by atoms with Gasteiger partial charge in [0.05, 0.1) is 0 Å². The van der Waals surface area contributed by atoms with E-state index in [1.807, 2.05) is 31.2 Å². The number of aryl methyl sites for hydroxylation is 1. The molecule has 0 radical (unpaired) electrons. The highest BCUT2D eigenvalue weighted by atomic mass is 16.5. The van der Waals surface area contributed by atoms with Gasteiger partial charge < -0.3 is 15.2 Å². The summed E-state index contributed by atoms with van der Waals surface area (Å²) in [6, 6.07) is 14.7. The quantitative estimate of drug-likeness (QED) is 0.898. The van der Waals surface area contributed by atoms with Gasteiger partial charge in [-0.1, -0.05) is 12.1 Å².